The third-order valence-corrected chi connectivity index (χ3v) is 4.19. The molecule has 3 rings (SSSR count). The molecule has 0 saturated heterocycles. The molecule has 1 heterocycles. The number of aromatic nitrogens is 1. The van der Waals surface area contributed by atoms with E-state index in [1.165, 1.54) is 19.3 Å². The normalized spacial score (nSPS) is 22.3. The molecule has 1 aliphatic carbocycles. The zero-order valence-corrected chi connectivity index (χ0v) is 12.7. The number of ether oxygens (including phenoxy) is 1. The van der Waals surface area contributed by atoms with Crippen molar-refractivity contribution >= 4 is 10.9 Å². The lowest BCUT2D eigenvalue weighted by Gasteiger charge is -2.30. The first-order valence-electron chi connectivity index (χ1n) is 8.10. The molecule has 1 aromatic heterocycles. The molecule has 0 spiro atoms. The van der Waals surface area contributed by atoms with Crippen LogP contribution in [0.25, 0.3) is 10.9 Å². The second-order valence-electron chi connectivity index (χ2n) is 5.92. The summed E-state index contributed by atoms with van der Waals surface area (Å²) in [6.45, 7) is 3.32. The van der Waals surface area contributed by atoms with Gasteiger partial charge in [-0.15, -0.1) is 0 Å². The van der Waals surface area contributed by atoms with Gasteiger partial charge in [0.05, 0.1) is 5.52 Å². The lowest BCUT2D eigenvalue weighted by Crippen LogP contribution is -2.38. The van der Waals surface area contributed by atoms with Gasteiger partial charge in [-0.05, 0) is 56.8 Å². The molecule has 1 aromatic carbocycles. The minimum atomic E-state index is 0.328. The van der Waals surface area contributed by atoms with Crippen LogP contribution in [0.1, 0.15) is 39.0 Å². The summed E-state index contributed by atoms with van der Waals surface area (Å²) >= 11 is 0. The molecule has 0 aliphatic heterocycles. The Morgan fingerprint density at radius 3 is 3.14 bits per heavy atom. The fourth-order valence-electron chi connectivity index (χ4n) is 3.10. The highest BCUT2D eigenvalue weighted by Crippen LogP contribution is 2.25. The van der Waals surface area contributed by atoms with Crippen molar-refractivity contribution in [3.05, 3.63) is 36.5 Å². The molecular formula is C18H24N2O. The summed E-state index contributed by atoms with van der Waals surface area (Å²) in [5.74, 6) is 0.947. The van der Waals surface area contributed by atoms with E-state index in [9.17, 15) is 0 Å². The maximum Gasteiger partial charge on any atom is 0.121 e. The van der Waals surface area contributed by atoms with Crippen molar-refractivity contribution in [3.63, 3.8) is 0 Å². The largest absolute Gasteiger partial charge is 0.490 e. The Morgan fingerprint density at radius 1 is 1.29 bits per heavy atom. The summed E-state index contributed by atoms with van der Waals surface area (Å²) < 4.78 is 6.19. The molecule has 1 aliphatic rings. The quantitative estimate of drug-likeness (QED) is 0.903. The summed E-state index contributed by atoms with van der Waals surface area (Å²) in [5, 5.41) is 4.79. The standard InChI is InChI=1S/C18H24N2O/c1-2-10-19-15-6-3-7-16(12-15)21-17-9-8-14-5-4-11-20-18(14)13-17/h4-5,8-9,11,13,15-16,19H,2-3,6-7,10,12H2,1H3. The number of rotatable bonds is 5. The summed E-state index contributed by atoms with van der Waals surface area (Å²) in [5.41, 5.74) is 1.01. The topological polar surface area (TPSA) is 34.1 Å². The van der Waals surface area contributed by atoms with Crippen LogP contribution in [0.5, 0.6) is 5.75 Å². The van der Waals surface area contributed by atoms with E-state index in [1.54, 1.807) is 0 Å². The zero-order chi connectivity index (χ0) is 14.5. The van der Waals surface area contributed by atoms with Gasteiger partial charge in [0.25, 0.3) is 0 Å². The first-order valence-corrected chi connectivity index (χ1v) is 8.10. The lowest BCUT2D eigenvalue weighted by molar-refractivity contribution is 0.135. The SMILES string of the molecule is CCCNC1CCCC(Oc2ccc3cccnc3c2)C1. The van der Waals surface area contributed by atoms with Gasteiger partial charge in [0, 0.05) is 23.7 Å². The number of hydrogen-bond donors (Lipinski definition) is 1. The van der Waals surface area contributed by atoms with E-state index in [0.717, 1.165) is 36.0 Å². The molecule has 1 fully saturated rings. The average molecular weight is 284 g/mol. The molecule has 0 amide bonds. The average Bonchev–Trinajstić information content (AvgIpc) is 2.53. The molecule has 112 valence electrons. The molecule has 3 heteroatoms. The van der Waals surface area contributed by atoms with Gasteiger partial charge in [0.1, 0.15) is 11.9 Å². The third-order valence-electron chi connectivity index (χ3n) is 4.19. The molecule has 21 heavy (non-hydrogen) atoms. The highest BCUT2D eigenvalue weighted by atomic mass is 16.5. The Hall–Kier alpha value is -1.61. The van der Waals surface area contributed by atoms with E-state index in [0.29, 0.717) is 12.1 Å². The first kappa shape index (κ1) is 14.3. The number of fused-ring (bicyclic) bond motifs is 1. The maximum absolute atomic E-state index is 6.19. The van der Waals surface area contributed by atoms with Crippen LogP contribution in [-0.2, 0) is 0 Å². The fourth-order valence-corrected chi connectivity index (χ4v) is 3.10. The maximum atomic E-state index is 6.19. The van der Waals surface area contributed by atoms with Gasteiger partial charge in [0.2, 0.25) is 0 Å². The van der Waals surface area contributed by atoms with Gasteiger partial charge < -0.3 is 10.1 Å². The van der Waals surface area contributed by atoms with E-state index in [1.807, 2.05) is 12.3 Å². The van der Waals surface area contributed by atoms with Gasteiger partial charge >= 0.3 is 0 Å². The Kier molecular flexibility index (Phi) is 4.71. The second-order valence-corrected chi connectivity index (χ2v) is 5.92. The van der Waals surface area contributed by atoms with Crippen LogP contribution >= 0.6 is 0 Å². The van der Waals surface area contributed by atoms with Crippen molar-refractivity contribution in [1.29, 1.82) is 0 Å². The monoisotopic (exact) mass is 284 g/mol. The van der Waals surface area contributed by atoms with Crippen molar-refractivity contribution < 1.29 is 4.74 Å². The molecule has 1 saturated carbocycles. The summed E-state index contributed by atoms with van der Waals surface area (Å²) in [7, 11) is 0. The minimum Gasteiger partial charge on any atom is -0.490 e. The smallest absolute Gasteiger partial charge is 0.121 e. The van der Waals surface area contributed by atoms with Gasteiger partial charge in [-0.25, -0.2) is 0 Å². The molecule has 3 nitrogen and oxygen atoms in total. The highest BCUT2D eigenvalue weighted by molar-refractivity contribution is 5.79. The number of hydrogen-bond acceptors (Lipinski definition) is 3. The van der Waals surface area contributed by atoms with Gasteiger partial charge in [-0.3, -0.25) is 4.98 Å². The number of nitrogens with zero attached hydrogens (tertiary/aromatic N) is 1. The van der Waals surface area contributed by atoms with Crippen LogP contribution in [0.4, 0.5) is 0 Å². The Balaban J connectivity index is 1.64. The molecular weight excluding hydrogens is 260 g/mol. The highest BCUT2D eigenvalue weighted by Gasteiger charge is 2.22. The van der Waals surface area contributed by atoms with Crippen LogP contribution in [0.3, 0.4) is 0 Å². The molecule has 2 unspecified atom stereocenters. The van der Waals surface area contributed by atoms with Crippen LogP contribution in [-0.4, -0.2) is 23.7 Å². The fraction of sp³-hybridized carbons (Fsp3) is 0.500. The molecule has 2 atom stereocenters. The van der Waals surface area contributed by atoms with Crippen LogP contribution < -0.4 is 10.1 Å². The van der Waals surface area contributed by atoms with Gasteiger partial charge in [0.15, 0.2) is 0 Å². The number of nitrogens with one attached hydrogen (secondary N) is 1. The van der Waals surface area contributed by atoms with Crippen LogP contribution in [0.2, 0.25) is 0 Å². The van der Waals surface area contributed by atoms with Crippen molar-refractivity contribution in [2.24, 2.45) is 0 Å². The second kappa shape index (κ2) is 6.90. The molecule has 0 radical (unpaired) electrons. The van der Waals surface area contributed by atoms with Crippen LogP contribution in [0, 0.1) is 0 Å². The van der Waals surface area contributed by atoms with E-state index in [4.69, 9.17) is 4.74 Å². The predicted octanol–water partition coefficient (Wildman–Crippen LogP) is 3.92. The predicted molar refractivity (Wildman–Crippen MR) is 86.7 cm³/mol. The number of pyridine rings is 1. The summed E-state index contributed by atoms with van der Waals surface area (Å²) in [6, 6.07) is 10.9. The van der Waals surface area contributed by atoms with Crippen molar-refractivity contribution in [2.45, 2.75) is 51.2 Å². The zero-order valence-electron chi connectivity index (χ0n) is 12.7. The van der Waals surface area contributed by atoms with E-state index < -0.39 is 0 Å². The Labute approximate surface area is 126 Å². The third kappa shape index (κ3) is 3.73. The Morgan fingerprint density at radius 2 is 2.24 bits per heavy atom. The molecule has 0 bridgehead atoms. The van der Waals surface area contributed by atoms with Gasteiger partial charge in [-0.1, -0.05) is 13.0 Å². The summed E-state index contributed by atoms with van der Waals surface area (Å²) in [6.07, 6.45) is 8.15. The number of benzene rings is 1. The minimum absolute atomic E-state index is 0.328. The molecule has 2 aromatic rings. The van der Waals surface area contributed by atoms with Crippen LogP contribution in [0.15, 0.2) is 36.5 Å². The van der Waals surface area contributed by atoms with Gasteiger partial charge in [-0.2, -0.15) is 0 Å². The molecule has 1 N–H and O–H groups in total. The summed E-state index contributed by atoms with van der Waals surface area (Å²) in [4.78, 5) is 4.40. The van der Waals surface area contributed by atoms with E-state index in [-0.39, 0.29) is 0 Å². The van der Waals surface area contributed by atoms with Crippen molar-refractivity contribution in [1.82, 2.24) is 10.3 Å². The van der Waals surface area contributed by atoms with E-state index >= 15 is 0 Å². The van der Waals surface area contributed by atoms with Crippen molar-refractivity contribution in [3.8, 4) is 5.75 Å². The van der Waals surface area contributed by atoms with Crippen molar-refractivity contribution in [2.75, 3.05) is 6.54 Å². The Bertz CT molecular complexity index is 584. The first-order chi connectivity index (χ1) is 10.3. The lowest BCUT2D eigenvalue weighted by atomic mass is 9.92. The van der Waals surface area contributed by atoms with E-state index in [2.05, 4.69) is 41.5 Å².